The first-order valence-corrected chi connectivity index (χ1v) is 7.55. The van der Waals surface area contributed by atoms with Crippen molar-refractivity contribution in [2.45, 2.75) is 11.4 Å². The van der Waals surface area contributed by atoms with Crippen LogP contribution in [0.4, 0.5) is 5.82 Å². The third-order valence-corrected chi connectivity index (χ3v) is 5.00. The SMILES string of the molecule is NNc1ccc(CN2C(=O)c3ccccc3S2(=O)=O)cn1. The molecule has 1 aliphatic rings. The summed E-state index contributed by atoms with van der Waals surface area (Å²) in [6.07, 6.45) is 1.47. The van der Waals surface area contributed by atoms with Crippen molar-refractivity contribution in [3.63, 3.8) is 0 Å². The highest BCUT2D eigenvalue weighted by molar-refractivity contribution is 7.90. The van der Waals surface area contributed by atoms with E-state index in [1.165, 1.54) is 18.3 Å². The van der Waals surface area contributed by atoms with Crippen LogP contribution < -0.4 is 11.3 Å². The van der Waals surface area contributed by atoms with Crippen LogP contribution in [0.15, 0.2) is 47.5 Å². The van der Waals surface area contributed by atoms with Crippen LogP contribution in [0.25, 0.3) is 0 Å². The number of amides is 1. The highest BCUT2D eigenvalue weighted by Gasteiger charge is 2.40. The largest absolute Gasteiger partial charge is 0.308 e. The number of carbonyl (C=O) groups is 1. The molecule has 7 nitrogen and oxygen atoms in total. The smallest absolute Gasteiger partial charge is 0.269 e. The maximum Gasteiger partial charge on any atom is 0.269 e. The van der Waals surface area contributed by atoms with Crippen molar-refractivity contribution in [3.8, 4) is 0 Å². The highest BCUT2D eigenvalue weighted by Crippen LogP contribution is 2.31. The summed E-state index contributed by atoms with van der Waals surface area (Å²) in [5.41, 5.74) is 3.17. The van der Waals surface area contributed by atoms with E-state index in [0.29, 0.717) is 11.4 Å². The number of sulfonamides is 1. The molecular weight excluding hydrogens is 292 g/mol. The van der Waals surface area contributed by atoms with Gasteiger partial charge in [0.1, 0.15) is 10.7 Å². The van der Waals surface area contributed by atoms with Crippen LogP contribution in [-0.2, 0) is 16.6 Å². The zero-order valence-electron chi connectivity index (χ0n) is 10.9. The summed E-state index contributed by atoms with van der Waals surface area (Å²) in [4.78, 5) is 16.3. The molecule has 2 aromatic rings. The first-order valence-electron chi connectivity index (χ1n) is 6.11. The number of nitrogens with two attached hydrogens (primary N) is 1. The molecule has 0 spiro atoms. The van der Waals surface area contributed by atoms with Gasteiger partial charge in [-0.05, 0) is 23.8 Å². The molecule has 0 saturated heterocycles. The molecule has 3 N–H and O–H groups in total. The molecule has 0 bridgehead atoms. The monoisotopic (exact) mass is 304 g/mol. The molecular formula is C13H12N4O3S. The van der Waals surface area contributed by atoms with E-state index in [1.54, 1.807) is 24.3 Å². The van der Waals surface area contributed by atoms with Crippen molar-refractivity contribution < 1.29 is 13.2 Å². The fourth-order valence-corrected chi connectivity index (χ4v) is 3.71. The van der Waals surface area contributed by atoms with E-state index in [4.69, 9.17) is 5.84 Å². The number of nitrogens with one attached hydrogen (secondary N) is 1. The van der Waals surface area contributed by atoms with Gasteiger partial charge >= 0.3 is 0 Å². The molecule has 2 heterocycles. The maximum atomic E-state index is 12.4. The zero-order chi connectivity index (χ0) is 15.0. The van der Waals surface area contributed by atoms with E-state index in [1.807, 2.05) is 0 Å². The Kier molecular flexibility index (Phi) is 3.11. The number of hydrazine groups is 1. The number of carbonyl (C=O) groups excluding carboxylic acids is 1. The predicted octanol–water partition coefficient (Wildman–Crippen LogP) is 0.712. The summed E-state index contributed by atoms with van der Waals surface area (Å²) >= 11 is 0. The van der Waals surface area contributed by atoms with E-state index in [2.05, 4.69) is 10.4 Å². The Morgan fingerprint density at radius 2 is 1.95 bits per heavy atom. The van der Waals surface area contributed by atoms with Gasteiger partial charge in [0, 0.05) is 6.20 Å². The van der Waals surface area contributed by atoms with Gasteiger partial charge in [0.2, 0.25) is 0 Å². The standard InChI is InChI=1S/C13H12N4O3S/c14-16-12-6-5-9(7-15-12)8-17-13(18)10-3-1-2-4-11(10)21(17,19)20/h1-7H,8,14H2,(H,15,16). The molecule has 0 atom stereocenters. The van der Waals surface area contributed by atoms with Gasteiger partial charge in [0.15, 0.2) is 0 Å². The lowest BCUT2D eigenvalue weighted by molar-refractivity contribution is 0.0865. The molecule has 8 heteroatoms. The van der Waals surface area contributed by atoms with Gasteiger partial charge in [-0.3, -0.25) is 4.79 Å². The first-order chi connectivity index (χ1) is 10.0. The Bertz CT molecular complexity index is 802. The zero-order valence-corrected chi connectivity index (χ0v) is 11.7. The van der Waals surface area contributed by atoms with Gasteiger partial charge in [-0.25, -0.2) is 23.5 Å². The lowest BCUT2D eigenvalue weighted by Crippen LogP contribution is -2.29. The number of aromatic nitrogens is 1. The van der Waals surface area contributed by atoms with Gasteiger partial charge in [-0.2, -0.15) is 0 Å². The van der Waals surface area contributed by atoms with Crippen molar-refractivity contribution >= 4 is 21.7 Å². The fourth-order valence-electron chi connectivity index (χ4n) is 2.16. The fraction of sp³-hybridized carbons (Fsp3) is 0.0769. The van der Waals surface area contributed by atoms with Gasteiger partial charge in [-0.15, -0.1) is 0 Å². The van der Waals surface area contributed by atoms with Crippen molar-refractivity contribution in [1.82, 2.24) is 9.29 Å². The molecule has 1 aromatic carbocycles. The Labute approximate surface area is 121 Å². The normalized spacial score (nSPS) is 15.9. The van der Waals surface area contributed by atoms with Crippen LogP contribution in [0.1, 0.15) is 15.9 Å². The number of benzene rings is 1. The Balaban J connectivity index is 1.95. The van der Waals surface area contributed by atoms with Crippen LogP contribution in [0, 0.1) is 0 Å². The number of nitrogens with zero attached hydrogens (tertiary/aromatic N) is 2. The second kappa shape index (κ2) is 4.83. The molecule has 0 unspecified atom stereocenters. The summed E-state index contributed by atoms with van der Waals surface area (Å²) < 4.78 is 25.6. The highest BCUT2D eigenvalue weighted by atomic mass is 32.2. The molecule has 0 saturated carbocycles. The van der Waals surface area contributed by atoms with Crippen LogP contribution in [0.5, 0.6) is 0 Å². The average Bonchev–Trinajstić information content (AvgIpc) is 2.70. The third-order valence-electron chi connectivity index (χ3n) is 3.21. The summed E-state index contributed by atoms with van der Waals surface area (Å²) in [6.45, 7) is -0.0618. The number of rotatable bonds is 3. The molecule has 0 aliphatic carbocycles. The minimum atomic E-state index is -3.79. The first kappa shape index (κ1) is 13.5. The van der Waals surface area contributed by atoms with Gasteiger partial charge in [0.05, 0.1) is 12.1 Å². The number of hydrogen-bond donors (Lipinski definition) is 2. The Hall–Kier alpha value is -2.45. The van der Waals surface area contributed by atoms with Gasteiger partial charge < -0.3 is 5.43 Å². The lowest BCUT2D eigenvalue weighted by Gasteiger charge is -2.15. The minimum absolute atomic E-state index is 0.0446. The van der Waals surface area contributed by atoms with Gasteiger partial charge in [-0.1, -0.05) is 18.2 Å². The molecule has 1 aromatic heterocycles. The lowest BCUT2D eigenvalue weighted by atomic mass is 10.2. The molecule has 1 amide bonds. The van der Waals surface area contributed by atoms with Crippen LogP contribution >= 0.6 is 0 Å². The van der Waals surface area contributed by atoms with E-state index < -0.39 is 15.9 Å². The van der Waals surface area contributed by atoms with E-state index in [9.17, 15) is 13.2 Å². The quantitative estimate of drug-likeness (QED) is 0.639. The molecule has 0 fully saturated rings. The Morgan fingerprint density at radius 3 is 2.57 bits per heavy atom. The van der Waals surface area contributed by atoms with Crippen LogP contribution in [0.3, 0.4) is 0 Å². The minimum Gasteiger partial charge on any atom is -0.308 e. The summed E-state index contributed by atoms with van der Waals surface area (Å²) in [6, 6.07) is 9.44. The number of nitrogen functional groups attached to an aromatic ring is 1. The summed E-state index contributed by atoms with van der Waals surface area (Å²) in [5.74, 6) is 5.15. The summed E-state index contributed by atoms with van der Waals surface area (Å²) in [5, 5.41) is 0. The maximum absolute atomic E-state index is 12.4. The molecule has 0 radical (unpaired) electrons. The predicted molar refractivity (Wildman–Crippen MR) is 75.5 cm³/mol. The number of hydrogen-bond acceptors (Lipinski definition) is 6. The van der Waals surface area contributed by atoms with E-state index in [-0.39, 0.29) is 17.0 Å². The summed E-state index contributed by atoms with van der Waals surface area (Å²) in [7, 11) is -3.79. The average molecular weight is 304 g/mol. The van der Waals surface area contributed by atoms with Crippen LogP contribution in [-0.4, -0.2) is 23.6 Å². The number of fused-ring (bicyclic) bond motifs is 1. The van der Waals surface area contributed by atoms with Crippen molar-refractivity contribution in [2.24, 2.45) is 5.84 Å². The third kappa shape index (κ3) is 2.14. The molecule has 1 aliphatic heterocycles. The molecule has 21 heavy (non-hydrogen) atoms. The van der Waals surface area contributed by atoms with E-state index in [0.717, 1.165) is 4.31 Å². The molecule has 3 rings (SSSR count). The topological polar surface area (TPSA) is 105 Å². The molecule has 108 valence electrons. The van der Waals surface area contributed by atoms with Crippen molar-refractivity contribution in [3.05, 3.63) is 53.7 Å². The second-order valence-corrected chi connectivity index (χ2v) is 6.34. The Morgan fingerprint density at radius 1 is 1.19 bits per heavy atom. The van der Waals surface area contributed by atoms with Crippen molar-refractivity contribution in [2.75, 3.05) is 5.43 Å². The number of pyridine rings is 1. The van der Waals surface area contributed by atoms with E-state index >= 15 is 0 Å². The van der Waals surface area contributed by atoms with Crippen molar-refractivity contribution in [1.29, 1.82) is 0 Å². The van der Waals surface area contributed by atoms with Crippen LogP contribution in [0.2, 0.25) is 0 Å². The second-order valence-electron chi connectivity index (χ2n) is 4.51. The number of anilines is 1. The van der Waals surface area contributed by atoms with Gasteiger partial charge in [0.25, 0.3) is 15.9 Å².